The quantitative estimate of drug-likeness (QED) is 0.555. The Kier molecular flexibility index (Phi) is 4.45. The number of hydrogen-bond donors (Lipinski definition) is 0. The molecule has 1 aliphatic carbocycles. The van der Waals surface area contributed by atoms with Gasteiger partial charge in [0, 0.05) is 55.9 Å². The normalized spacial score (nSPS) is 21.4. The Morgan fingerprint density at radius 2 is 1.86 bits per heavy atom. The topological polar surface area (TPSA) is 90.0 Å². The van der Waals surface area contributed by atoms with Crippen molar-refractivity contribution in [3.05, 3.63) is 52.7 Å². The first-order valence-corrected chi connectivity index (χ1v) is 12.5. The van der Waals surface area contributed by atoms with Crippen LogP contribution in [0.4, 0.5) is 11.8 Å². The number of halogens is 1. The molecule has 10 heteroatoms. The van der Waals surface area contributed by atoms with E-state index in [0.29, 0.717) is 6.54 Å². The third-order valence-corrected chi connectivity index (χ3v) is 8.06. The molecule has 3 aliphatic heterocycles. The largest absolute Gasteiger partial charge is 0.354 e. The van der Waals surface area contributed by atoms with E-state index in [2.05, 4.69) is 51.6 Å². The molecule has 9 nitrogen and oxygen atoms in total. The van der Waals surface area contributed by atoms with E-state index in [1.807, 2.05) is 25.3 Å². The molecule has 3 fully saturated rings. The highest BCUT2D eigenvalue weighted by Gasteiger charge is 2.53. The van der Waals surface area contributed by atoms with Crippen molar-refractivity contribution in [3.8, 4) is 11.8 Å². The molecule has 4 aliphatic rings. The zero-order valence-corrected chi connectivity index (χ0v) is 20.4. The third-order valence-electron chi connectivity index (χ3n) is 7.83. The lowest BCUT2D eigenvalue weighted by molar-refractivity contribution is 0.153. The Balaban J connectivity index is 1.14. The molecule has 0 unspecified atom stereocenters. The van der Waals surface area contributed by atoms with Gasteiger partial charge in [0.15, 0.2) is 5.82 Å². The summed E-state index contributed by atoms with van der Waals surface area (Å²) in [6.45, 7) is 8.01. The number of fused-ring (bicyclic) bond motifs is 3. The monoisotopic (exact) mass is 487 g/mol. The van der Waals surface area contributed by atoms with Crippen molar-refractivity contribution in [2.24, 2.45) is 10.8 Å². The van der Waals surface area contributed by atoms with Crippen LogP contribution in [0.1, 0.15) is 29.9 Å². The van der Waals surface area contributed by atoms with E-state index in [4.69, 9.17) is 11.6 Å². The summed E-state index contributed by atoms with van der Waals surface area (Å²) >= 11 is 6.39. The van der Waals surface area contributed by atoms with Gasteiger partial charge in [0.05, 0.1) is 35.6 Å². The number of rotatable bonds is 4. The summed E-state index contributed by atoms with van der Waals surface area (Å²) in [5, 5.41) is 19.6. The van der Waals surface area contributed by atoms with Crippen molar-refractivity contribution in [2.75, 3.05) is 42.5 Å². The van der Waals surface area contributed by atoms with E-state index in [1.165, 1.54) is 0 Å². The Morgan fingerprint density at radius 3 is 2.60 bits per heavy atom. The lowest BCUT2D eigenvalue weighted by Gasteiger charge is -2.60. The van der Waals surface area contributed by atoms with Crippen LogP contribution in [0.2, 0.25) is 5.02 Å². The van der Waals surface area contributed by atoms with E-state index in [9.17, 15) is 5.26 Å². The van der Waals surface area contributed by atoms with Gasteiger partial charge in [-0.25, -0.2) is 4.98 Å². The SMILES string of the molecule is Cc1cncc(N2CC3(C2)CN(c2nnc4n2-c2ccc(Cl)cc2CN(CC2(C#N)CC2)C4)C3)n1. The number of nitrogens with zero attached hydrogens (tertiary/aromatic N) is 9. The molecule has 178 valence electrons. The Morgan fingerprint density at radius 1 is 1.06 bits per heavy atom. The van der Waals surface area contributed by atoms with Gasteiger partial charge in [0.2, 0.25) is 5.95 Å². The van der Waals surface area contributed by atoms with Gasteiger partial charge in [-0.05, 0) is 43.5 Å². The molecule has 0 N–H and O–H groups in total. The van der Waals surface area contributed by atoms with Crippen LogP contribution in [0, 0.1) is 29.1 Å². The van der Waals surface area contributed by atoms with Crippen LogP contribution >= 0.6 is 11.6 Å². The highest BCUT2D eigenvalue weighted by Crippen LogP contribution is 2.47. The summed E-state index contributed by atoms with van der Waals surface area (Å²) in [5.41, 5.74) is 3.23. The molecule has 1 aromatic carbocycles. The van der Waals surface area contributed by atoms with Crippen LogP contribution in [0.25, 0.3) is 5.69 Å². The predicted molar refractivity (Wildman–Crippen MR) is 131 cm³/mol. The first-order chi connectivity index (χ1) is 16.9. The van der Waals surface area contributed by atoms with Crippen LogP contribution in [0.5, 0.6) is 0 Å². The average molecular weight is 488 g/mol. The lowest BCUT2D eigenvalue weighted by Crippen LogP contribution is -2.73. The molecule has 1 spiro atoms. The summed E-state index contributed by atoms with van der Waals surface area (Å²) in [4.78, 5) is 15.9. The van der Waals surface area contributed by atoms with Crippen LogP contribution in [0.3, 0.4) is 0 Å². The molecular weight excluding hydrogens is 462 g/mol. The molecule has 0 radical (unpaired) electrons. The van der Waals surface area contributed by atoms with Crippen molar-refractivity contribution < 1.29 is 0 Å². The second kappa shape index (κ2) is 7.39. The smallest absolute Gasteiger partial charge is 0.231 e. The second-order valence-corrected chi connectivity index (χ2v) is 11.2. The summed E-state index contributed by atoms with van der Waals surface area (Å²) in [7, 11) is 0. The summed E-state index contributed by atoms with van der Waals surface area (Å²) in [6.07, 6.45) is 5.58. The van der Waals surface area contributed by atoms with Gasteiger partial charge >= 0.3 is 0 Å². The first kappa shape index (κ1) is 21.1. The molecule has 0 bridgehead atoms. The fourth-order valence-electron chi connectivity index (χ4n) is 5.89. The van der Waals surface area contributed by atoms with Crippen LogP contribution < -0.4 is 9.80 Å². The number of aromatic nitrogens is 5. The highest BCUT2D eigenvalue weighted by molar-refractivity contribution is 6.30. The average Bonchev–Trinajstić information content (AvgIpc) is 3.47. The van der Waals surface area contributed by atoms with Crippen LogP contribution in [-0.4, -0.2) is 62.4 Å². The molecule has 35 heavy (non-hydrogen) atoms. The van der Waals surface area contributed by atoms with Crippen LogP contribution in [0.15, 0.2) is 30.6 Å². The zero-order valence-electron chi connectivity index (χ0n) is 19.7. The minimum absolute atomic E-state index is 0.210. The van der Waals surface area contributed by atoms with Crippen LogP contribution in [-0.2, 0) is 13.1 Å². The van der Waals surface area contributed by atoms with Gasteiger partial charge in [-0.1, -0.05) is 11.6 Å². The van der Waals surface area contributed by atoms with E-state index in [-0.39, 0.29) is 10.8 Å². The second-order valence-electron chi connectivity index (χ2n) is 10.8. The first-order valence-electron chi connectivity index (χ1n) is 12.1. The number of anilines is 2. The van der Waals surface area contributed by atoms with Gasteiger partial charge in [0.25, 0.3) is 0 Å². The number of hydrogen-bond acceptors (Lipinski definition) is 8. The van der Waals surface area contributed by atoms with Gasteiger partial charge < -0.3 is 9.80 Å². The fourth-order valence-corrected chi connectivity index (χ4v) is 6.08. The Bertz CT molecular complexity index is 1360. The van der Waals surface area contributed by atoms with Gasteiger partial charge in [-0.15, -0.1) is 10.2 Å². The minimum Gasteiger partial charge on any atom is -0.354 e. The number of nitriles is 1. The van der Waals surface area contributed by atoms with E-state index >= 15 is 0 Å². The molecule has 0 amide bonds. The molecule has 5 heterocycles. The molecular formula is C25H26ClN9. The molecule has 2 aromatic heterocycles. The van der Waals surface area contributed by atoms with Gasteiger partial charge in [0.1, 0.15) is 5.82 Å². The molecule has 7 rings (SSSR count). The third kappa shape index (κ3) is 3.46. The van der Waals surface area contributed by atoms with Crippen molar-refractivity contribution in [2.45, 2.75) is 32.9 Å². The summed E-state index contributed by atoms with van der Waals surface area (Å²) in [5.74, 6) is 2.77. The van der Waals surface area contributed by atoms with Crippen molar-refractivity contribution in [3.63, 3.8) is 0 Å². The predicted octanol–water partition coefficient (Wildman–Crippen LogP) is 2.97. The molecule has 3 aromatic rings. The summed E-state index contributed by atoms with van der Waals surface area (Å²) in [6, 6.07) is 8.58. The minimum atomic E-state index is -0.210. The fraction of sp³-hybridized carbons (Fsp3) is 0.480. The Hall–Kier alpha value is -3.22. The van der Waals surface area contributed by atoms with E-state index in [1.54, 1.807) is 6.20 Å². The highest BCUT2D eigenvalue weighted by atomic mass is 35.5. The maximum Gasteiger partial charge on any atom is 0.231 e. The Labute approximate surface area is 209 Å². The van der Waals surface area contributed by atoms with Crippen molar-refractivity contribution in [1.82, 2.24) is 29.6 Å². The van der Waals surface area contributed by atoms with Gasteiger partial charge in [-0.2, -0.15) is 5.26 Å². The van der Waals surface area contributed by atoms with Gasteiger partial charge in [-0.3, -0.25) is 14.5 Å². The lowest BCUT2D eigenvalue weighted by atomic mass is 9.73. The zero-order chi connectivity index (χ0) is 23.8. The standard InChI is InChI=1S/C25H26ClN9/c1-17-7-28-8-21(29-17)33-13-25(14-33)15-34(16-25)23-31-30-22-10-32(12-24(11-27)4-5-24)9-18-6-19(26)2-3-20(18)35(22)23/h2-3,6-8H,4-5,9-10,12-16H2,1H3. The van der Waals surface area contributed by atoms with E-state index in [0.717, 1.165) is 91.7 Å². The molecule has 0 atom stereocenters. The maximum atomic E-state index is 9.64. The van der Waals surface area contributed by atoms with Crippen molar-refractivity contribution >= 4 is 23.4 Å². The molecule has 2 saturated heterocycles. The summed E-state index contributed by atoms with van der Waals surface area (Å²) < 4.78 is 2.20. The number of aryl methyl sites for hydroxylation is 1. The number of benzene rings is 1. The van der Waals surface area contributed by atoms with E-state index < -0.39 is 0 Å². The molecule has 1 saturated carbocycles. The maximum absolute atomic E-state index is 9.64. The van der Waals surface area contributed by atoms with Crippen molar-refractivity contribution in [1.29, 1.82) is 5.26 Å².